The number of hydrogen-bond donors (Lipinski definition) is 2. The average molecular weight is 1340 g/mol. The summed E-state index contributed by atoms with van der Waals surface area (Å²) in [5.41, 5.74) is 44.8. The van der Waals surface area contributed by atoms with E-state index in [4.69, 9.17) is 0 Å². The highest BCUT2D eigenvalue weighted by molar-refractivity contribution is 7.05. The van der Waals surface area contributed by atoms with Crippen molar-refractivity contribution in [2.45, 2.75) is 157 Å². The van der Waals surface area contributed by atoms with Gasteiger partial charge in [0, 0.05) is 114 Å². The van der Waals surface area contributed by atoms with Crippen LogP contribution >= 0.6 is 0 Å². The molecule has 0 saturated carbocycles. The number of fused-ring (bicyclic) bond motifs is 27. The Morgan fingerprint density at radius 1 is 0.298 bits per heavy atom. The summed E-state index contributed by atoms with van der Waals surface area (Å²) in [5.74, 6) is 0. The Hall–Kier alpha value is -9.39. The number of hydrogen-bond acceptors (Lipinski definition) is 6. The van der Waals surface area contributed by atoms with Gasteiger partial charge in [-0.1, -0.05) is 245 Å². The van der Waals surface area contributed by atoms with Crippen LogP contribution < -0.4 is 107 Å². The molecule has 10 heterocycles. The van der Waals surface area contributed by atoms with Gasteiger partial charge >= 0.3 is 0 Å². The van der Waals surface area contributed by atoms with E-state index < -0.39 is 0 Å². The third-order valence-electron chi connectivity index (χ3n) is 26.3. The van der Waals surface area contributed by atoms with Gasteiger partial charge in [0.1, 0.15) is 0 Å². The van der Waals surface area contributed by atoms with Gasteiger partial charge in [0.25, 0.3) is 13.4 Å². The van der Waals surface area contributed by atoms with E-state index in [0.29, 0.717) is 0 Å². The molecule has 12 aromatic rings. The summed E-state index contributed by atoms with van der Waals surface area (Å²) in [7, 11) is 5.36. The number of nitrogens with one attached hydrogen (secondary N) is 2. The van der Waals surface area contributed by atoms with Gasteiger partial charge in [-0.3, -0.25) is 0 Å². The monoisotopic (exact) mass is 1340 g/mol. The lowest BCUT2D eigenvalue weighted by atomic mass is 9.29. The van der Waals surface area contributed by atoms with Crippen molar-refractivity contribution in [2.75, 3.05) is 43.1 Å². The minimum Gasteiger partial charge on any atom is -0.356 e. The molecule has 12 heteroatoms. The fourth-order valence-electron chi connectivity index (χ4n) is 21.0. The summed E-state index contributed by atoms with van der Waals surface area (Å²) >= 11 is 0. The van der Waals surface area contributed by atoms with Crippen LogP contribution in [0.4, 0.5) is 79.6 Å². The molecule has 0 aromatic heterocycles. The molecule has 6 nitrogen and oxygen atoms in total. The highest BCUT2D eigenvalue weighted by Gasteiger charge is 2.56. The van der Waals surface area contributed by atoms with E-state index in [9.17, 15) is 0 Å². The number of rotatable bonds is 0. The van der Waals surface area contributed by atoms with Crippen LogP contribution in [-0.2, 0) is 32.5 Å². The van der Waals surface area contributed by atoms with E-state index in [1.54, 1.807) is 0 Å². The minimum atomic E-state index is -0.0853. The van der Waals surface area contributed by atoms with E-state index in [-0.39, 0.29) is 59.3 Å². The zero-order valence-corrected chi connectivity index (χ0v) is 63.7. The first-order chi connectivity index (χ1) is 49.4. The molecule has 12 aromatic carbocycles. The molecule has 0 unspecified atom stereocenters. The van der Waals surface area contributed by atoms with Crippen molar-refractivity contribution < 1.29 is 0 Å². The van der Waals surface area contributed by atoms with Gasteiger partial charge in [-0.2, -0.15) is 0 Å². The van der Waals surface area contributed by atoms with Crippen molar-refractivity contribution in [3.63, 3.8) is 0 Å². The zero-order chi connectivity index (χ0) is 71.3. The molecule has 0 amide bonds. The Morgan fingerprint density at radius 2 is 0.606 bits per heavy atom. The van der Waals surface area contributed by atoms with Crippen molar-refractivity contribution >= 4 is 230 Å². The Kier molecular flexibility index (Phi) is 11.7. The van der Waals surface area contributed by atoms with Gasteiger partial charge in [-0.15, -0.1) is 0 Å². The molecule has 10 aliphatic rings. The molecule has 0 atom stereocenters. The molecule has 2 N–H and O–H groups in total. The maximum absolute atomic E-state index is 4.53. The molecular formula is C92H86B6N6. The highest BCUT2D eigenvalue weighted by Crippen LogP contribution is 2.56. The summed E-state index contributed by atoms with van der Waals surface area (Å²) in [5, 5.41) is 17.2. The van der Waals surface area contributed by atoms with Gasteiger partial charge in [0.15, 0.2) is 14.6 Å². The molecule has 0 spiro atoms. The normalized spacial score (nSPS) is 16.1. The van der Waals surface area contributed by atoms with Crippen molar-refractivity contribution in [2.24, 2.45) is 0 Å². The van der Waals surface area contributed by atoms with Crippen molar-refractivity contribution in [3.05, 3.63) is 191 Å². The molecular weight excluding hydrogens is 1250 g/mol. The molecule has 2 radical (unpaired) electrons. The first-order valence-electron chi connectivity index (χ1n) is 38.6. The summed E-state index contributed by atoms with van der Waals surface area (Å²) in [6, 6.07) is 64.2. The van der Waals surface area contributed by atoms with E-state index >= 15 is 0 Å². The summed E-state index contributed by atoms with van der Waals surface area (Å²) < 4.78 is 0. The van der Waals surface area contributed by atoms with Crippen LogP contribution in [0.2, 0.25) is 0 Å². The van der Waals surface area contributed by atoms with Crippen molar-refractivity contribution in [3.8, 4) is 0 Å². The van der Waals surface area contributed by atoms with Gasteiger partial charge in [-0.25, -0.2) is 0 Å². The maximum Gasteiger partial charge on any atom is 0.252 e. The second kappa shape index (κ2) is 19.6. The number of para-hydroxylation sites is 2. The van der Waals surface area contributed by atoms with Crippen LogP contribution in [0.3, 0.4) is 0 Å². The molecule has 0 bridgehead atoms. The number of anilines is 14. The summed E-state index contributed by atoms with van der Waals surface area (Å²) in [6.07, 6.45) is 1.59. The maximum atomic E-state index is 4.53. The van der Waals surface area contributed by atoms with Crippen LogP contribution in [0.15, 0.2) is 158 Å². The van der Waals surface area contributed by atoms with Crippen LogP contribution in [0.5, 0.6) is 0 Å². The second-order valence-corrected chi connectivity index (χ2v) is 38.6. The van der Waals surface area contributed by atoms with E-state index in [2.05, 4.69) is 327 Å². The third-order valence-corrected chi connectivity index (χ3v) is 26.3. The first kappa shape index (κ1) is 62.0. The quantitative estimate of drug-likeness (QED) is 0.116. The number of nitrogens with zero attached hydrogens (tertiary/aromatic N) is 4. The molecule has 0 aliphatic carbocycles. The van der Waals surface area contributed by atoms with Crippen molar-refractivity contribution in [1.29, 1.82) is 0 Å². The topological polar surface area (TPSA) is 37.0 Å². The van der Waals surface area contributed by atoms with Crippen LogP contribution in [0.25, 0.3) is 32.3 Å². The standard InChI is InChI=1S/C92H86B6N6/c1-87(2,3)47-27-33-53-63(39-47)101-45-95-57-35-29-49(89(7,8)9)41-65(57)103-67-43-51(91(13,14)15)31-37-59(67)97-55-23-19-21-25-61(55)99-81-71-70-69(75(93-53)83(101)73(71)77(95)85(103)79(81)97)72-74-78-86-80-82(72)100-62-26-22-20-24-56(62)98(80)60-38-32-52(92(16,17)18)44-68(60)104(86)66-42-50(90(10,11)12)30-36-58(66)96(78)46-102-64-40-48(88(4,5)6)28-34-54(64)94-76(70)84(74)102/h19-44,99-100H,45-46H2,1-18H3. The fourth-order valence-corrected chi connectivity index (χ4v) is 21.0. The van der Waals surface area contributed by atoms with Crippen LogP contribution in [0.1, 0.15) is 158 Å². The predicted octanol–water partition coefficient (Wildman–Crippen LogP) is 12.8. The van der Waals surface area contributed by atoms with Crippen LogP contribution in [0, 0.1) is 0 Å². The summed E-state index contributed by atoms with van der Waals surface area (Å²) in [4.78, 5) is 11.3. The SMILES string of the molecule is CC(C)(C)c1ccc2c(c1)N1CB3c4ccc(C(C)(C)C)cc4N4c5cc(C(C)(C)C)ccc5B5c6ccccc6Nc6c5c4c3c3c1c(c1c4c5c7c8c9c4c4c(c1c63)[B]c1ccc(C(C)(C)C)cc1N4CB9c1ccc(C(C)(C)C)cc1N8c1cc(C(C)(C)C)ccc1B7c1ccccc1N5)[B]2. The van der Waals surface area contributed by atoms with E-state index in [0.717, 1.165) is 12.9 Å². The second-order valence-electron chi connectivity index (χ2n) is 38.6. The average Bonchev–Trinajstić information content (AvgIpc) is 0.646. The summed E-state index contributed by atoms with van der Waals surface area (Å²) in [6.45, 7) is 43.0. The lowest BCUT2D eigenvalue weighted by molar-refractivity contribution is 0.589. The van der Waals surface area contributed by atoms with Gasteiger partial charge in [-0.05, 0) is 191 Å². The Balaban J connectivity index is 0.992. The number of benzene rings is 12. The molecule has 502 valence electrons. The largest absolute Gasteiger partial charge is 0.356 e. The molecule has 0 fully saturated rings. The van der Waals surface area contributed by atoms with Gasteiger partial charge < -0.3 is 30.2 Å². The molecule has 10 aliphatic heterocycles. The molecule has 22 rings (SSSR count). The van der Waals surface area contributed by atoms with E-state index in [1.165, 1.54) is 222 Å². The lowest BCUT2D eigenvalue weighted by Crippen LogP contribution is -2.68. The molecule has 0 saturated heterocycles. The molecule has 104 heavy (non-hydrogen) atoms. The van der Waals surface area contributed by atoms with E-state index in [1.807, 2.05) is 0 Å². The Morgan fingerprint density at radius 3 is 0.952 bits per heavy atom. The van der Waals surface area contributed by atoms with Gasteiger partial charge in [0.2, 0.25) is 13.4 Å². The smallest absolute Gasteiger partial charge is 0.252 e. The fraction of sp³-hybridized carbons (Fsp3) is 0.283. The predicted molar refractivity (Wildman–Crippen MR) is 456 cm³/mol. The van der Waals surface area contributed by atoms with Crippen LogP contribution in [-0.4, -0.2) is 54.3 Å². The van der Waals surface area contributed by atoms with Crippen molar-refractivity contribution in [1.82, 2.24) is 0 Å². The third kappa shape index (κ3) is 7.85. The highest BCUT2D eigenvalue weighted by atomic mass is 15.2. The first-order valence-corrected chi connectivity index (χ1v) is 38.6. The Bertz CT molecular complexity index is 5710. The zero-order valence-electron chi connectivity index (χ0n) is 63.7. The lowest BCUT2D eigenvalue weighted by Gasteiger charge is -2.52. The Labute approximate surface area is 617 Å². The minimum absolute atomic E-state index is 0.0264. The van der Waals surface area contributed by atoms with Gasteiger partial charge in [0.05, 0.1) is 0 Å².